The summed E-state index contributed by atoms with van der Waals surface area (Å²) in [5.41, 5.74) is 4.82. The lowest BCUT2D eigenvalue weighted by atomic mass is 10.0. The number of hydrogen-bond acceptors (Lipinski definition) is 6. The van der Waals surface area contributed by atoms with E-state index in [1.54, 1.807) is 29.4 Å². The van der Waals surface area contributed by atoms with E-state index in [0.717, 1.165) is 27.9 Å². The molecule has 30 heavy (non-hydrogen) atoms. The summed E-state index contributed by atoms with van der Waals surface area (Å²) in [5.74, 6) is 0.714. The van der Waals surface area contributed by atoms with Crippen LogP contribution in [0, 0.1) is 0 Å². The van der Waals surface area contributed by atoms with Crippen LogP contribution in [0.3, 0.4) is 0 Å². The van der Waals surface area contributed by atoms with Gasteiger partial charge in [0, 0.05) is 42.8 Å². The van der Waals surface area contributed by atoms with Crippen molar-refractivity contribution < 1.29 is 9.21 Å². The fraction of sp³-hybridized carbons (Fsp3) is 0.130. The molecule has 4 heterocycles. The molecule has 0 radical (unpaired) electrons. The van der Waals surface area contributed by atoms with Gasteiger partial charge in [-0.15, -0.1) is 0 Å². The number of carbonyl (C=O) groups excluding carboxylic acids is 1. The number of carbonyl (C=O) groups is 1. The van der Waals surface area contributed by atoms with Crippen LogP contribution in [0.5, 0.6) is 0 Å². The molecule has 1 aromatic carbocycles. The number of pyridine rings is 1. The molecule has 1 amide bonds. The van der Waals surface area contributed by atoms with Gasteiger partial charge >= 0.3 is 0 Å². The molecule has 0 spiro atoms. The summed E-state index contributed by atoms with van der Waals surface area (Å²) < 4.78 is 5.32. The van der Waals surface area contributed by atoms with Crippen LogP contribution in [0.2, 0.25) is 0 Å². The second-order valence-corrected chi connectivity index (χ2v) is 7.08. The number of nitrogens with zero attached hydrogens (tertiary/aromatic N) is 4. The van der Waals surface area contributed by atoms with Crippen molar-refractivity contribution in [1.82, 2.24) is 19.9 Å². The number of nitrogens with one attached hydrogen (secondary N) is 1. The van der Waals surface area contributed by atoms with Gasteiger partial charge in [0.2, 0.25) is 5.95 Å². The highest BCUT2D eigenvalue weighted by Crippen LogP contribution is 2.32. The van der Waals surface area contributed by atoms with Gasteiger partial charge in [-0.05, 0) is 29.3 Å². The predicted molar refractivity (Wildman–Crippen MR) is 111 cm³/mol. The maximum absolute atomic E-state index is 12.9. The Kier molecular flexibility index (Phi) is 4.69. The number of furan rings is 1. The van der Waals surface area contributed by atoms with E-state index in [1.165, 1.54) is 6.26 Å². The van der Waals surface area contributed by atoms with Crippen LogP contribution in [0.25, 0.3) is 11.3 Å². The molecule has 0 saturated carbocycles. The van der Waals surface area contributed by atoms with Gasteiger partial charge in [0.1, 0.15) is 0 Å². The molecule has 0 unspecified atom stereocenters. The number of anilines is 1. The lowest BCUT2D eigenvalue weighted by Gasteiger charge is -2.20. The molecule has 7 heteroatoms. The smallest absolute Gasteiger partial charge is 0.290 e. The van der Waals surface area contributed by atoms with Gasteiger partial charge in [-0.2, -0.15) is 0 Å². The van der Waals surface area contributed by atoms with Crippen molar-refractivity contribution in [2.75, 3.05) is 5.32 Å². The lowest BCUT2D eigenvalue weighted by molar-refractivity contribution is 0.0699. The minimum absolute atomic E-state index is 0.151. The predicted octanol–water partition coefficient (Wildman–Crippen LogP) is 3.90. The zero-order chi connectivity index (χ0) is 20.3. The molecule has 0 bridgehead atoms. The highest BCUT2D eigenvalue weighted by Gasteiger charge is 2.26. The van der Waals surface area contributed by atoms with E-state index < -0.39 is 0 Å². The Labute approximate surface area is 173 Å². The normalized spacial score (nSPS) is 12.6. The van der Waals surface area contributed by atoms with Gasteiger partial charge in [0.05, 0.1) is 18.5 Å². The Bertz CT molecular complexity index is 1180. The molecular formula is C23H19N5O2. The van der Waals surface area contributed by atoms with Crippen molar-refractivity contribution >= 4 is 11.9 Å². The SMILES string of the molecule is O=C(c1ccco1)N1Cc2ccccc2-c2nc(NCc3cccnc3)ncc2C1. The Morgan fingerprint density at radius 3 is 2.77 bits per heavy atom. The second kappa shape index (κ2) is 7.79. The molecule has 0 saturated heterocycles. The highest BCUT2D eigenvalue weighted by molar-refractivity contribution is 5.92. The van der Waals surface area contributed by atoms with Crippen LogP contribution in [0.15, 0.2) is 77.8 Å². The monoisotopic (exact) mass is 397 g/mol. The first-order chi connectivity index (χ1) is 14.8. The molecule has 0 fully saturated rings. The van der Waals surface area contributed by atoms with E-state index in [1.807, 2.05) is 42.6 Å². The third-order valence-electron chi connectivity index (χ3n) is 5.05. The molecule has 1 aliphatic heterocycles. The fourth-order valence-electron chi connectivity index (χ4n) is 3.58. The van der Waals surface area contributed by atoms with Crippen molar-refractivity contribution in [2.45, 2.75) is 19.6 Å². The van der Waals surface area contributed by atoms with Crippen molar-refractivity contribution in [3.05, 3.63) is 95.8 Å². The highest BCUT2D eigenvalue weighted by atomic mass is 16.3. The first kappa shape index (κ1) is 18.1. The summed E-state index contributed by atoms with van der Waals surface area (Å²) in [7, 11) is 0. The van der Waals surface area contributed by atoms with E-state index in [0.29, 0.717) is 31.3 Å². The number of amides is 1. The lowest BCUT2D eigenvalue weighted by Crippen LogP contribution is -2.29. The van der Waals surface area contributed by atoms with Crippen molar-refractivity contribution in [2.24, 2.45) is 0 Å². The topological polar surface area (TPSA) is 84.2 Å². The van der Waals surface area contributed by atoms with E-state index in [-0.39, 0.29) is 5.91 Å². The third kappa shape index (κ3) is 3.53. The van der Waals surface area contributed by atoms with Crippen LogP contribution in [-0.4, -0.2) is 25.8 Å². The van der Waals surface area contributed by atoms with E-state index in [4.69, 9.17) is 9.40 Å². The van der Waals surface area contributed by atoms with Gasteiger partial charge in [0.25, 0.3) is 5.91 Å². The van der Waals surface area contributed by atoms with Crippen LogP contribution >= 0.6 is 0 Å². The summed E-state index contributed by atoms with van der Waals surface area (Å²) >= 11 is 0. The Hall–Kier alpha value is -4.00. The van der Waals surface area contributed by atoms with Crippen LogP contribution < -0.4 is 5.32 Å². The van der Waals surface area contributed by atoms with Gasteiger partial charge in [-0.25, -0.2) is 9.97 Å². The van der Waals surface area contributed by atoms with E-state index in [2.05, 4.69) is 15.3 Å². The standard InChI is InChI=1S/C23H19N5O2/c29-22(20-8-4-10-30-20)28-14-17-6-1-2-7-19(17)21-18(15-28)13-26-23(27-21)25-12-16-5-3-9-24-11-16/h1-11,13H,12,14-15H2,(H,25,26,27). The number of fused-ring (bicyclic) bond motifs is 3. The number of rotatable bonds is 4. The Morgan fingerprint density at radius 1 is 1.03 bits per heavy atom. The number of aromatic nitrogens is 3. The maximum atomic E-state index is 12.9. The molecular weight excluding hydrogens is 378 g/mol. The molecule has 148 valence electrons. The fourth-order valence-corrected chi connectivity index (χ4v) is 3.58. The molecule has 5 rings (SSSR count). The molecule has 0 aliphatic carbocycles. The first-order valence-corrected chi connectivity index (χ1v) is 9.68. The quantitative estimate of drug-likeness (QED) is 0.562. The molecule has 0 atom stereocenters. The summed E-state index contributed by atoms with van der Waals surface area (Å²) in [6, 6.07) is 15.3. The van der Waals surface area contributed by atoms with E-state index >= 15 is 0 Å². The van der Waals surface area contributed by atoms with E-state index in [9.17, 15) is 4.79 Å². The minimum Gasteiger partial charge on any atom is -0.459 e. The summed E-state index contributed by atoms with van der Waals surface area (Å²) in [4.78, 5) is 28.1. The van der Waals surface area contributed by atoms with Crippen LogP contribution in [0.1, 0.15) is 27.2 Å². The maximum Gasteiger partial charge on any atom is 0.290 e. The minimum atomic E-state index is -0.151. The summed E-state index contributed by atoms with van der Waals surface area (Å²) in [5, 5.41) is 3.26. The second-order valence-electron chi connectivity index (χ2n) is 7.08. The van der Waals surface area contributed by atoms with Crippen LogP contribution in [-0.2, 0) is 19.6 Å². The molecule has 4 aromatic rings. The molecule has 1 N–H and O–H groups in total. The van der Waals surface area contributed by atoms with Crippen LogP contribution in [0.4, 0.5) is 5.95 Å². The number of benzene rings is 1. The van der Waals surface area contributed by atoms with Gasteiger partial charge in [-0.1, -0.05) is 30.3 Å². The average molecular weight is 397 g/mol. The Balaban J connectivity index is 1.48. The zero-order valence-corrected chi connectivity index (χ0v) is 16.2. The number of hydrogen-bond donors (Lipinski definition) is 1. The largest absolute Gasteiger partial charge is 0.459 e. The van der Waals surface area contributed by atoms with Gasteiger partial charge in [-0.3, -0.25) is 9.78 Å². The van der Waals surface area contributed by atoms with Crippen molar-refractivity contribution in [3.63, 3.8) is 0 Å². The van der Waals surface area contributed by atoms with Crippen molar-refractivity contribution in [1.29, 1.82) is 0 Å². The average Bonchev–Trinajstić information content (AvgIpc) is 3.28. The Morgan fingerprint density at radius 2 is 1.93 bits per heavy atom. The molecule has 7 nitrogen and oxygen atoms in total. The van der Waals surface area contributed by atoms with Gasteiger partial charge < -0.3 is 14.6 Å². The zero-order valence-electron chi connectivity index (χ0n) is 16.2. The molecule has 1 aliphatic rings. The first-order valence-electron chi connectivity index (χ1n) is 9.68. The summed E-state index contributed by atoms with van der Waals surface area (Å²) in [6.45, 7) is 1.47. The van der Waals surface area contributed by atoms with Crippen molar-refractivity contribution in [3.8, 4) is 11.3 Å². The third-order valence-corrected chi connectivity index (χ3v) is 5.05. The molecule has 3 aromatic heterocycles. The van der Waals surface area contributed by atoms with Gasteiger partial charge in [0.15, 0.2) is 5.76 Å². The summed E-state index contributed by atoms with van der Waals surface area (Å²) in [6.07, 6.45) is 6.85.